The van der Waals surface area contributed by atoms with Gasteiger partial charge in [0.25, 0.3) is 5.91 Å². The smallest absolute Gasteiger partial charge is 0.411 e. The zero-order valence-electron chi connectivity index (χ0n) is 25.1. The second-order valence-electron chi connectivity index (χ2n) is 12.9. The van der Waals surface area contributed by atoms with Crippen LogP contribution in [0.4, 0.5) is 16.2 Å². The number of rotatable bonds is 6. The van der Waals surface area contributed by atoms with E-state index in [2.05, 4.69) is 10.5 Å². The van der Waals surface area contributed by atoms with Crippen LogP contribution in [0.5, 0.6) is 5.75 Å². The van der Waals surface area contributed by atoms with Crippen LogP contribution in [-0.2, 0) is 20.7 Å². The molecule has 0 heterocycles. The first-order valence-corrected chi connectivity index (χ1v) is 13.7. The molecule has 0 aromatic heterocycles. The maximum atomic E-state index is 14.1. The number of ether oxygens (including phenoxy) is 1. The van der Waals surface area contributed by atoms with Crippen molar-refractivity contribution in [2.24, 2.45) is 28.2 Å². The number of nitrogens with one attached hydrogen (secondary N) is 1. The van der Waals surface area contributed by atoms with E-state index in [1.54, 1.807) is 33.1 Å². The number of hydrogen-bond donors (Lipinski definition) is 5. The minimum Gasteiger partial charge on any atom is -0.510 e. The highest BCUT2D eigenvalue weighted by atomic mass is 16.5. The Kier molecular flexibility index (Phi) is 7.81. The summed E-state index contributed by atoms with van der Waals surface area (Å²) in [6.45, 7) is 5.68. The molecule has 2 amide bonds. The number of hydrogen-bond acceptors (Lipinski definition) is 12. The van der Waals surface area contributed by atoms with Crippen LogP contribution in [0.2, 0.25) is 0 Å². The molecule has 3 aliphatic rings. The van der Waals surface area contributed by atoms with Gasteiger partial charge in [-0.05, 0) is 55.1 Å². The van der Waals surface area contributed by atoms with E-state index >= 15 is 0 Å². The first-order chi connectivity index (χ1) is 19.9. The van der Waals surface area contributed by atoms with Crippen molar-refractivity contribution in [1.29, 1.82) is 0 Å². The Morgan fingerprint density at radius 3 is 2.30 bits per heavy atom. The number of benzene rings is 1. The number of fused-ring (bicyclic) bond motifs is 3. The summed E-state index contributed by atoms with van der Waals surface area (Å²) in [5.74, 6) is -7.64. The van der Waals surface area contributed by atoms with Crippen molar-refractivity contribution < 1.29 is 39.2 Å². The molecule has 43 heavy (non-hydrogen) atoms. The Balaban J connectivity index is 1.91. The van der Waals surface area contributed by atoms with Gasteiger partial charge >= 0.3 is 6.09 Å². The lowest BCUT2D eigenvalue weighted by atomic mass is 9.57. The number of carbonyl (C=O) groups excluding carboxylic acids is 4. The molecular weight excluding hydrogens is 562 g/mol. The van der Waals surface area contributed by atoms with Gasteiger partial charge in [-0.25, -0.2) is 4.79 Å². The van der Waals surface area contributed by atoms with Gasteiger partial charge in [0.2, 0.25) is 11.3 Å². The number of aliphatic hydroxyl groups is 2. The normalized spacial score (nSPS) is 25.2. The maximum Gasteiger partial charge on any atom is 0.411 e. The fraction of sp³-hybridized carbons (Fsp3) is 0.517. The molecule has 0 aliphatic heterocycles. The summed E-state index contributed by atoms with van der Waals surface area (Å²) in [6.07, 6.45) is -0.840. The minimum atomic E-state index is -2.63. The number of phenolic OH excluding ortho intramolecular Hbond substituents is 1. The molecule has 0 saturated carbocycles. The van der Waals surface area contributed by atoms with E-state index in [-0.39, 0.29) is 41.7 Å². The Morgan fingerprint density at radius 2 is 1.79 bits per heavy atom. The summed E-state index contributed by atoms with van der Waals surface area (Å²) in [5, 5.41) is 39.3. The number of allylic oxidation sites excluding steroid dienone is 1. The predicted octanol–water partition coefficient (Wildman–Crippen LogP) is 2.56. The van der Waals surface area contributed by atoms with Crippen LogP contribution in [0.3, 0.4) is 0 Å². The van der Waals surface area contributed by atoms with Crippen molar-refractivity contribution in [2.75, 3.05) is 45.0 Å². The third-order valence-electron chi connectivity index (χ3n) is 8.20. The monoisotopic (exact) mass is 599 g/mol. The van der Waals surface area contributed by atoms with Gasteiger partial charge in [0.1, 0.15) is 17.1 Å². The summed E-state index contributed by atoms with van der Waals surface area (Å²) in [4.78, 5) is 68.3. The molecule has 1 aromatic rings. The number of phenols is 1. The van der Waals surface area contributed by atoms with Gasteiger partial charge in [0.15, 0.2) is 11.5 Å². The van der Waals surface area contributed by atoms with Crippen LogP contribution in [0.1, 0.15) is 43.1 Å². The fourth-order valence-electron chi connectivity index (χ4n) is 6.37. The number of aliphatic hydroxyl groups excluding tert-OH is 2. The van der Waals surface area contributed by atoms with Crippen molar-refractivity contribution in [1.82, 2.24) is 4.90 Å². The van der Waals surface area contributed by atoms with Gasteiger partial charge in [-0.1, -0.05) is 20.8 Å². The average molecular weight is 600 g/mol. The van der Waals surface area contributed by atoms with E-state index in [0.717, 1.165) is 0 Å². The summed E-state index contributed by atoms with van der Waals surface area (Å²) < 4.78 is 5.25. The summed E-state index contributed by atoms with van der Waals surface area (Å²) >= 11 is 0. The third-order valence-corrected chi connectivity index (χ3v) is 8.20. The van der Waals surface area contributed by atoms with Crippen LogP contribution in [0.25, 0.3) is 0 Å². The number of nitrogens with zero attached hydrogens (tertiary/aromatic N) is 3. The molecule has 3 aliphatic carbocycles. The predicted molar refractivity (Wildman–Crippen MR) is 156 cm³/mol. The molecule has 14 heteroatoms. The maximum absolute atomic E-state index is 14.1. The quantitative estimate of drug-likeness (QED) is 0.182. The van der Waals surface area contributed by atoms with E-state index in [4.69, 9.17) is 10.5 Å². The zero-order valence-corrected chi connectivity index (χ0v) is 25.1. The van der Waals surface area contributed by atoms with Crippen molar-refractivity contribution >= 4 is 34.9 Å². The molecule has 232 valence electrons. The van der Waals surface area contributed by atoms with Gasteiger partial charge in [-0.15, -0.1) is 4.91 Å². The molecule has 1 aromatic carbocycles. The molecule has 0 unspecified atom stereocenters. The number of aromatic hydroxyl groups is 1. The summed E-state index contributed by atoms with van der Waals surface area (Å²) in [5.41, 5.74) is 1.75. The largest absolute Gasteiger partial charge is 0.510 e. The van der Waals surface area contributed by atoms with Gasteiger partial charge in [-0.3, -0.25) is 24.6 Å². The number of ketones is 2. The minimum absolute atomic E-state index is 0.0617. The third kappa shape index (κ3) is 4.88. The summed E-state index contributed by atoms with van der Waals surface area (Å²) in [6, 6.07) is 0.375. The van der Waals surface area contributed by atoms with Gasteiger partial charge in [0.05, 0.1) is 23.9 Å². The topological polar surface area (TPSA) is 212 Å². The number of carbonyl (C=O) groups is 4. The molecule has 0 radical (unpaired) electrons. The van der Waals surface area contributed by atoms with Crippen LogP contribution in [-0.4, -0.2) is 90.2 Å². The van der Waals surface area contributed by atoms with Crippen molar-refractivity contribution in [3.63, 3.8) is 0 Å². The molecule has 6 N–H and O–H groups in total. The molecule has 0 bridgehead atoms. The average Bonchev–Trinajstić information content (AvgIpc) is 2.88. The van der Waals surface area contributed by atoms with Crippen molar-refractivity contribution in [2.45, 2.75) is 45.2 Å². The molecule has 14 nitrogen and oxygen atoms in total. The lowest BCUT2D eigenvalue weighted by Crippen LogP contribution is -2.62. The van der Waals surface area contributed by atoms with E-state index in [0.29, 0.717) is 11.3 Å². The lowest BCUT2D eigenvalue weighted by molar-refractivity contribution is -0.129. The number of primary amides is 1. The van der Waals surface area contributed by atoms with E-state index in [1.165, 1.54) is 11.0 Å². The number of nitroso groups, excluding NO2 is 1. The van der Waals surface area contributed by atoms with Crippen molar-refractivity contribution in [3.05, 3.63) is 44.8 Å². The number of anilines is 2. The van der Waals surface area contributed by atoms with Crippen LogP contribution in [0, 0.1) is 22.2 Å². The number of likely N-dealkylation sites (N-methyl/N-ethyl adjacent to an activating group) is 1. The Bertz CT molecular complexity index is 1500. The van der Waals surface area contributed by atoms with Crippen LogP contribution in [0.15, 0.2) is 33.9 Å². The van der Waals surface area contributed by atoms with Crippen molar-refractivity contribution in [3.8, 4) is 5.75 Å². The molecule has 0 saturated heterocycles. The first-order valence-electron chi connectivity index (χ1n) is 13.7. The number of amides is 2. The standard InChI is InChI=1S/C29H37N5O9/c1-28(2,3)11-43-27(41)31-15-10-16(33(4)5)13-8-12-9-14-20(34(6)7)23(37)19(26(30)40)25(39)29(14,32-42)24(38)17(12)22(36)18(13)21(15)35/h10,12,14,20,35,37-38H,8-9,11H2,1-7H3,(H2,30,40)(H,31,41)/t12-,14-,20-,29-/m0/s1. The van der Waals surface area contributed by atoms with Crippen LogP contribution >= 0.6 is 0 Å². The fourth-order valence-corrected chi connectivity index (χ4v) is 6.37. The summed E-state index contributed by atoms with van der Waals surface area (Å²) in [7, 11) is 6.51. The molecule has 0 spiro atoms. The lowest BCUT2D eigenvalue weighted by Gasteiger charge is -2.49. The number of Topliss-reactive ketones (excluding diaryl/α,β-unsaturated/α-hetero) is 2. The van der Waals surface area contributed by atoms with Gasteiger partial charge < -0.3 is 30.7 Å². The SMILES string of the molecule is CN(C)c1cc(NC(=O)OCC(C)(C)C)c(O)c2c1C[C@H]1C[C@H]3[C@H](N(C)C)C(O)=C(C(N)=O)C(=O)[C@@]3(N=O)C(O)=C1C2=O. The van der Waals surface area contributed by atoms with E-state index in [9.17, 15) is 39.4 Å². The Hall–Kier alpha value is -4.46. The van der Waals surface area contributed by atoms with E-state index in [1.807, 2.05) is 20.8 Å². The second-order valence-corrected chi connectivity index (χ2v) is 12.9. The van der Waals surface area contributed by atoms with Gasteiger partial charge in [-0.2, -0.15) is 0 Å². The molecule has 4 atom stereocenters. The highest BCUT2D eigenvalue weighted by Crippen LogP contribution is 2.55. The molecule has 4 rings (SSSR count). The Morgan fingerprint density at radius 1 is 1.16 bits per heavy atom. The molecule has 0 fully saturated rings. The van der Waals surface area contributed by atoms with Crippen LogP contribution < -0.4 is 16.0 Å². The molecular formula is C29H37N5O9. The first kappa shape index (κ1) is 31.5. The Labute approximate surface area is 248 Å². The highest BCUT2D eigenvalue weighted by molar-refractivity contribution is 6.25. The second kappa shape index (κ2) is 10.7. The highest BCUT2D eigenvalue weighted by Gasteiger charge is 2.65. The number of nitrogens with two attached hydrogens (primary N) is 1. The zero-order chi connectivity index (χ0) is 32.3. The van der Waals surface area contributed by atoms with Gasteiger partial charge in [0, 0.05) is 31.3 Å². The van der Waals surface area contributed by atoms with E-state index < -0.39 is 69.8 Å².